The number of aromatic nitrogens is 1. The van der Waals surface area contributed by atoms with Gasteiger partial charge < -0.3 is 9.07 Å². The van der Waals surface area contributed by atoms with Crippen molar-refractivity contribution in [3.8, 4) is 0 Å². The number of rotatable bonds is 1. The minimum atomic E-state index is -0.952. The Kier molecular flexibility index (Phi) is 2.69. The second-order valence-electron chi connectivity index (χ2n) is 1.57. The maximum atomic E-state index is 12.5. The first-order valence-corrected chi connectivity index (χ1v) is 5.34. The van der Waals surface area contributed by atoms with Crippen LogP contribution in [0.25, 0.3) is 0 Å². The normalized spacial score (nSPS) is 8.67. The molecule has 0 atom stereocenters. The first kappa shape index (κ1) is 7.25. The van der Waals surface area contributed by atoms with E-state index >= 15 is 0 Å². The molecule has 0 radical (unpaired) electrons. The number of halogens is 2. The Morgan fingerprint density at radius 2 is 2.44 bits per heavy atom. The largest absolute Gasteiger partial charge is 0.569 e. The summed E-state index contributed by atoms with van der Waals surface area (Å²) in [4.78, 5) is 3.75. The van der Waals surface area contributed by atoms with Gasteiger partial charge in [0.15, 0.2) is 0 Å². The molecular formula is C5H3ClFMgN. The highest BCUT2D eigenvalue weighted by Gasteiger charge is 2.02. The molecule has 0 saturated carbocycles. The van der Waals surface area contributed by atoms with Gasteiger partial charge in [-0.15, -0.1) is 0 Å². The van der Waals surface area contributed by atoms with Crippen molar-refractivity contribution in [2.45, 2.75) is 0 Å². The van der Waals surface area contributed by atoms with Gasteiger partial charge >= 0.3 is 19.3 Å². The molecule has 0 aliphatic carbocycles. The van der Waals surface area contributed by atoms with E-state index in [2.05, 4.69) is 4.98 Å². The van der Waals surface area contributed by atoms with Crippen LogP contribution >= 0.6 is 9.07 Å². The summed E-state index contributed by atoms with van der Waals surface area (Å²) in [6, 6.07) is 2.93. The van der Waals surface area contributed by atoms with Crippen LogP contribution < -0.4 is 3.82 Å². The third-order valence-corrected chi connectivity index (χ3v) is 2.49. The van der Waals surface area contributed by atoms with Gasteiger partial charge in [-0.2, -0.15) is 0 Å². The standard InChI is InChI=1S/C5H3FN.ClH.Mg/c6-5-2-1-3-7-4-5;;/h1-3H;1H;/q;;+1/p-1. The Morgan fingerprint density at radius 1 is 1.67 bits per heavy atom. The fourth-order valence-electron chi connectivity index (χ4n) is 0.517. The van der Waals surface area contributed by atoms with Crippen LogP contribution in [-0.2, 0) is 0 Å². The summed E-state index contributed by atoms with van der Waals surface area (Å²) in [5, 5.41) is 0. The van der Waals surface area contributed by atoms with E-state index in [1.165, 1.54) is 6.07 Å². The van der Waals surface area contributed by atoms with Gasteiger partial charge in [-0.1, -0.05) is 0 Å². The van der Waals surface area contributed by atoms with Gasteiger partial charge in [0.05, 0.1) is 0 Å². The highest BCUT2D eigenvalue weighted by molar-refractivity contribution is 7.01. The molecule has 1 aromatic rings. The van der Waals surface area contributed by atoms with Gasteiger partial charge in [-0.05, 0) is 16.0 Å². The second-order valence-corrected chi connectivity index (χ2v) is 3.30. The Hall–Kier alpha value is 0.136. The summed E-state index contributed by atoms with van der Waals surface area (Å²) in [5.74, 6) is -0.279. The van der Waals surface area contributed by atoms with Gasteiger partial charge in [0.2, 0.25) is 0 Å². The molecule has 1 heterocycles. The van der Waals surface area contributed by atoms with E-state index in [0.717, 1.165) is 0 Å². The van der Waals surface area contributed by atoms with E-state index < -0.39 is 19.3 Å². The molecule has 0 unspecified atom stereocenters. The number of hydrogen-bond acceptors (Lipinski definition) is 1. The average molecular weight is 156 g/mol. The van der Waals surface area contributed by atoms with Gasteiger partial charge in [0.1, 0.15) is 5.82 Å². The molecule has 0 aliphatic heterocycles. The molecule has 0 fully saturated rings. The monoisotopic (exact) mass is 155 g/mol. The Balaban J connectivity index is 3.01. The van der Waals surface area contributed by atoms with Crippen LogP contribution in [-0.4, -0.2) is 24.2 Å². The van der Waals surface area contributed by atoms with Crippen molar-refractivity contribution in [2.75, 3.05) is 0 Å². The molecule has 1 aromatic heterocycles. The number of nitrogens with zero attached hydrogens (tertiary/aromatic N) is 1. The van der Waals surface area contributed by atoms with Gasteiger partial charge in [-0.25, -0.2) is 4.39 Å². The number of pyridine rings is 1. The smallest absolute Gasteiger partial charge is 0.332 e. The Bertz CT molecular complexity index is 206. The second kappa shape index (κ2) is 3.34. The maximum absolute atomic E-state index is 12.5. The van der Waals surface area contributed by atoms with Crippen LogP contribution in [0, 0.1) is 5.82 Å². The zero-order valence-electron chi connectivity index (χ0n) is 4.64. The lowest BCUT2D eigenvalue weighted by atomic mass is 10.5. The molecule has 9 heavy (non-hydrogen) atoms. The van der Waals surface area contributed by atoms with E-state index in [4.69, 9.17) is 9.07 Å². The molecule has 0 aliphatic rings. The molecule has 44 valence electrons. The Labute approximate surface area is 65.7 Å². The molecule has 0 spiro atoms. The van der Waals surface area contributed by atoms with E-state index in [-0.39, 0.29) is 5.82 Å². The first-order valence-electron chi connectivity index (χ1n) is 2.50. The van der Waals surface area contributed by atoms with Gasteiger partial charge in [0, 0.05) is 6.20 Å². The molecule has 4 heteroatoms. The summed E-state index contributed by atoms with van der Waals surface area (Å²) in [6.07, 6.45) is 1.55. The van der Waals surface area contributed by atoms with Gasteiger partial charge in [0.25, 0.3) is 0 Å². The van der Waals surface area contributed by atoms with E-state index in [0.29, 0.717) is 3.82 Å². The fourth-order valence-corrected chi connectivity index (χ4v) is 1.53. The van der Waals surface area contributed by atoms with Crippen LogP contribution in [0.15, 0.2) is 18.3 Å². The molecule has 1 rings (SSSR count). The highest BCUT2D eigenvalue weighted by Crippen LogP contribution is 1.88. The van der Waals surface area contributed by atoms with Crippen LogP contribution in [0.2, 0.25) is 0 Å². The molecule has 0 saturated heterocycles. The minimum absolute atomic E-state index is 0.279. The van der Waals surface area contributed by atoms with E-state index in [1.807, 2.05) is 0 Å². The van der Waals surface area contributed by atoms with Crippen LogP contribution in [0.4, 0.5) is 4.39 Å². The molecule has 0 aromatic carbocycles. The summed E-state index contributed by atoms with van der Waals surface area (Å²) >= 11 is -0.952. The highest BCUT2D eigenvalue weighted by atomic mass is 35.5. The zero-order chi connectivity index (χ0) is 6.69. The maximum Gasteiger partial charge on any atom is 0.569 e. The van der Waals surface area contributed by atoms with E-state index in [1.54, 1.807) is 12.3 Å². The van der Waals surface area contributed by atoms with Crippen molar-refractivity contribution >= 4 is 32.2 Å². The van der Waals surface area contributed by atoms with Crippen molar-refractivity contribution in [1.82, 2.24) is 4.98 Å². The van der Waals surface area contributed by atoms with Gasteiger partial charge in [-0.3, -0.25) is 4.98 Å². The van der Waals surface area contributed by atoms with Crippen molar-refractivity contribution in [3.05, 3.63) is 24.1 Å². The van der Waals surface area contributed by atoms with E-state index in [9.17, 15) is 4.39 Å². The topological polar surface area (TPSA) is 12.9 Å². The van der Waals surface area contributed by atoms with Crippen molar-refractivity contribution in [3.63, 3.8) is 0 Å². The average Bonchev–Trinajstić information content (AvgIpc) is 1.89. The summed E-state index contributed by atoms with van der Waals surface area (Å²) in [7, 11) is 5.47. The van der Waals surface area contributed by atoms with Crippen molar-refractivity contribution in [2.24, 2.45) is 0 Å². The van der Waals surface area contributed by atoms with Crippen molar-refractivity contribution in [1.29, 1.82) is 0 Å². The molecule has 0 amide bonds. The lowest BCUT2D eigenvalue weighted by Gasteiger charge is -1.92. The summed E-state index contributed by atoms with van der Waals surface area (Å²) in [6.45, 7) is 0. The van der Waals surface area contributed by atoms with Crippen LogP contribution in [0.1, 0.15) is 0 Å². The SMILES string of the molecule is Fc1cccn[c]1[Mg][Cl]. The van der Waals surface area contributed by atoms with Crippen LogP contribution in [0.5, 0.6) is 0 Å². The first-order chi connectivity index (χ1) is 4.34. The predicted octanol–water partition coefficient (Wildman–Crippen LogP) is 0.704. The summed E-state index contributed by atoms with van der Waals surface area (Å²) in [5.41, 5.74) is 0. The third kappa shape index (κ3) is 1.78. The third-order valence-electron chi connectivity index (χ3n) is 0.961. The zero-order valence-corrected chi connectivity index (χ0v) is 6.81. The molecule has 0 bridgehead atoms. The minimum Gasteiger partial charge on any atom is -0.332 e. The lowest BCUT2D eigenvalue weighted by molar-refractivity contribution is 0.631. The molecular weight excluding hydrogens is 153 g/mol. The number of hydrogen-bond donors (Lipinski definition) is 0. The fraction of sp³-hybridized carbons (Fsp3) is 0. The molecule has 0 N–H and O–H groups in total. The molecule has 1 nitrogen and oxygen atoms in total. The Morgan fingerprint density at radius 3 is 2.89 bits per heavy atom. The lowest BCUT2D eigenvalue weighted by Crippen LogP contribution is -2.17. The quantitative estimate of drug-likeness (QED) is 0.545. The van der Waals surface area contributed by atoms with Crippen molar-refractivity contribution < 1.29 is 4.39 Å². The summed E-state index contributed by atoms with van der Waals surface area (Å²) < 4.78 is 12.9. The van der Waals surface area contributed by atoms with Crippen LogP contribution in [0.3, 0.4) is 0 Å². The predicted molar refractivity (Wildman–Crippen MR) is 35.4 cm³/mol.